The lowest BCUT2D eigenvalue weighted by atomic mass is 10.2. The maximum absolute atomic E-state index is 12.6. The minimum absolute atomic E-state index is 0.0134. The molecule has 0 spiro atoms. The highest BCUT2D eigenvalue weighted by Crippen LogP contribution is 2.32. The minimum atomic E-state index is -3.91. The summed E-state index contributed by atoms with van der Waals surface area (Å²) >= 11 is 0. The molecule has 0 radical (unpaired) electrons. The summed E-state index contributed by atoms with van der Waals surface area (Å²) in [5.74, 6) is 0.181. The summed E-state index contributed by atoms with van der Waals surface area (Å²) in [6.07, 6.45) is 0.340. The molecular weight excluding hydrogens is 384 g/mol. The molecule has 0 saturated carbocycles. The molecule has 1 atom stereocenters. The fourth-order valence-corrected chi connectivity index (χ4v) is 5.65. The number of nitrogens with zero attached hydrogens (tertiary/aromatic N) is 1. The summed E-state index contributed by atoms with van der Waals surface area (Å²) in [7, 11) is -5.74. The van der Waals surface area contributed by atoms with E-state index in [9.17, 15) is 21.6 Å². The monoisotopic (exact) mass is 404 g/mol. The molecular formula is C15H20N2O7S2. The Kier molecular flexibility index (Phi) is 5.13. The molecule has 26 heavy (non-hydrogen) atoms. The third-order valence-corrected chi connectivity index (χ3v) is 7.75. The van der Waals surface area contributed by atoms with E-state index in [4.69, 9.17) is 9.47 Å². The number of nitrogens with one attached hydrogen (secondary N) is 1. The van der Waals surface area contributed by atoms with Crippen LogP contribution in [0.3, 0.4) is 0 Å². The zero-order valence-electron chi connectivity index (χ0n) is 14.2. The van der Waals surface area contributed by atoms with Gasteiger partial charge in [0.25, 0.3) is 0 Å². The Bertz CT molecular complexity index is 912. The number of sulfonamides is 1. The van der Waals surface area contributed by atoms with Gasteiger partial charge in [-0.25, -0.2) is 16.8 Å². The van der Waals surface area contributed by atoms with Crippen molar-refractivity contribution in [3.05, 3.63) is 18.2 Å². The molecule has 3 rings (SSSR count). The SMILES string of the molecule is CN(CC(=O)NC1CCS(=O)(=O)C1)S(=O)(=O)c1ccc2c(c1)OCCO2. The first-order valence-corrected chi connectivity index (χ1v) is 11.3. The first-order valence-electron chi connectivity index (χ1n) is 8.03. The predicted molar refractivity (Wildman–Crippen MR) is 92.4 cm³/mol. The maximum Gasteiger partial charge on any atom is 0.243 e. The normalized spacial score (nSPS) is 21.5. The number of carbonyl (C=O) groups excluding carboxylic acids is 1. The third-order valence-electron chi connectivity index (χ3n) is 4.19. The van der Waals surface area contributed by atoms with Crippen molar-refractivity contribution >= 4 is 25.8 Å². The smallest absolute Gasteiger partial charge is 0.243 e. The number of fused-ring (bicyclic) bond motifs is 1. The highest BCUT2D eigenvalue weighted by atomic mass is 32.2. The van der Waals surface area contributed by atoms with Gasteiger partial charge in [0.05, 0.1) is 22.9 Å². The number of ether oxygens (including phenoxy) is 2. The lowest BCUT2D eigenvalue weighted by Crippen LogP contribution is -2.43. The van der Waals surface area contributed by atoms with Gasteiger partial charge < -0.3 is 14.8 Å². The molecule has 0 aromatic heterocycles. The molecule has 11 heteroatoms. The Balaban J connectivity index is 1.66. The van der Waals surface area contributed by atoms with E-state index in [0.29, 0.717) is 31.1 Å². The van der Waals surface area contributed by atoms with Gasteiger partial charge in [0.1, 0.15) is 13.2 Å². The summed E-state index contributed by atoms with van der Waals surface area (Å²) < 4.78 is 59.8. The van der Waals surface area contributed by atoms with Crippen LogP contribution in [0, 0.1) is 0 Å². The number of carbonyl (C=O) groups is 1. The van der Waals surface area contributed by atoms with Crippen LogP contribution in [-0.2, 0) is 24.7 Å². The lowest BCUT2D eigenvalue weighted by molar-refractivity contribution is -0.121. The molecule has 0 aliphatic carbocycles. The molecule has 2 heterocycles. The first kappa shape index (κ1) is 18.9. The van der Waals surface area contributed by atoms with Gasteiger partial charge in [-0.05, 0) is 18.6 Å². The van der Waals surface area contributed by atoms with E-state index in [1.165, 1.54) is 25.2 Å². The largest absolute Gasteiger partial charge is 0.486 e. The summed E-state index contributed by atoms with van der Waals surface area (Å²) in [4.78, 5) is 12.1. The molecule has 1 saturated heterocycles. The van der Waals surface area contributed by atoms with Crippen LogP contribution in [0.25, 0.3) is 0 Å². The van der Waals surface area contributed by atoms with Crippen LogP contribution in [-0.4, -0.2) is 71.4 Å². The zero-order valence-corrected chi connectivity index (χ0v) is 15.8. The number of likely N-dealkylation sites (N-methyl/N-ethyl adjacent to an activating group) is 1. The van der Waals surface area contributed by atoms with Crippen LogP contribution < -0.4 is 14.8 Å². The highest BCUT2D eigenvalue weighted by molar-refractivity contribution is 7.91. The highest BCUT2D eigenvalue weighted by Gasteiger charge is 2.30. The van der Waals surface area contributed by atoms with Crippen LogP contribution in [0.5, 0.6) is 11.5 Å². The summed E-state index contributed by atoms with van der Waals surface area (Å²) in [5, 5.41) is 2.57. The average Bonchev–Trinajstić information content (AvgIpc) is 2.92. The van der Waals surface area contributed by atoms with Crippen LogP contribution in [0.1, 0.15) is 6.42 Å². The molecule has 1 amide bonds. The van der Waals surface area contributed by atoms with Crippen LogP contribution in [0.4, 0.5) is 0 Å². The number of rotatable bonds is 5. The first-order chi connectivity index (χ1) is 12.2. The van der Waals surface area contributed by atoms with Crippen molar-refractivity contribution in [3.63, 3.8) is 0 Å². The lowest BCUT2D eigenvalue weighted by Gasteiger charge is -2.21. The molecule has 1 unspecified atom stereocenters. The Morgan fingerprint density at radius 2 is 1.96 bits per heavy atom. The zero-order chi connectivity index (χ0) is 18.9. The minimum Gasteiger partial charge on any atom is -0.486 e. The number of benzene rings is 1. The van der Waals surface area contributed by atoms with Crippen molar-refractivity contribution in [2.75, 3.05) is 38.3 Å². The molecule has 1 aromatic carbocycles. The topological polar surface area (TPSA) is 119 Å². The van der Waals surface area contributed by atoms with E-state index in [2.05, 4.69) is 5.32 Å². The van der Waals surface area contributed by atoms with Crippen molar-refractivity contribution in [1.82, 2.24) is 9.62 Å². The number of sulfone groups is 1. The third kappa shape index (κ3) is 4.10. The summed E-state index contributed by atoms with van der Waals surface area (Å²) in [6.45, 7) is 0.322. The molecule has 1 aromatic rings. The van der Waals surface area contributed by atoms with Crippen molar-refractivity contribution in [2.24, 2.45) is 0 Å². The Morgan fingerprint density at radius 3 is 2.62 bits per heavy atom. The molecule has 2 aliphatic rings. The standard InChI is InChI=1S/C15H20N2O7S2/c1-17(9-15(18)16-11-4-7-25(19,20)10-11)26(21,22)12-2-3-13-14(8-12)24-6-5-23-13/h2-3,8,11H,4-7,9-10H2,1H3,(H,16,18). The van der Waals surface area contributed by atoms with E-state index in [0.717, 1.165) is 4.31 Å². The Hall–Kier alpha value is -1.85. The number of hydrogen-bond acceptors (Lipinski definition) is 7. The molecule has 1 N–H and O–H groups in total. The van der Waals surface area contributed by atoms with Crippen molar-refractivity contribution in [1.29, 1.82) is 0 Å². The predicted octanol–water partition coefficient (Wildman–Crippen LogP) is -0.618. The summed E-state index contributed by atoms with van der Waals surface area (Å²) in [6, 6.07) is 3.79. The van der Waals surface area contributed by atoms with Crippen LogP contribution in [0.2, 0.25) is 0 Å². The second-order valence-corrected chi connectivity index (χ2v) is 10.5. The quantitative estimate of drug-likeness (QED) is 0.695. The second-order valence-electron chi connectivity index (χ2n) is 6.23. The van der Waals surface area contributed by atoms with Gasteiger partial charge in [-0.15, -0.1) is 0 Å². The van der Waals surface area contributed by atoms with Gasteiger partial charge >= 0.3 is 0 Å². The number of amides is 1. The summed E-state index contributed by atoms with van der Waals surface area (Å²) in [5.41, 5.74) is 0. The van der Waals surface area contributed by atoms with Gasteiger partial charge in [-0.3, -0.25) is 4.79 Å². The fourth-order valence-electron chi connectivity index (χ4n) is 2.83. The van der Waals surface area contributed by atoms with Crippen LogP contribution in [0.15, 0.2) is 23.1 Å². The van der Waals surface area contributed by atoms with E-state index >= 15 is 0 Å². The van der Waals surface area contributed by atoms with E-state index in [1.807, 2.05) is 0 Å². The van der Waals surface area contributed by atoms with E-state index in [-0.39, 0.29) is 16.4 Å². The molecule has 0 bridgehead atoms. The van der Waals surface area contributed by atoms with Gasteiger partial charge in [-0.1, -0.05) is 0 Å². The van der Waals surface area contributed by atoms with Gasteiger partial charge in [-0.2, -0.15) is 4.31 Å². The molecule has 9 nitrogen and oxygen atoms in total. The van der Waals surface area contributed by atoms with E-state index in [1.54, 1.807) is 0 Å². The van der Waals surface area contributed by atoms with Crippen molar-refractivity contribution in [2.45, 2.75) is 17.4 Å². The van der Waals surface area contributed by atoms with E-state index < -0.39 is 38.4 Å². The number of hydrogen-bond donors (Lipinski definition) is 1. The van der Waals surface area contributed by atoms with Crippen molar-refractivity contribution < 1.29 is 31.1 Å². The second kappa shape index (κ2) is 7.05. The maximum atomic E-state index is 12.6. The molecule has 2 aliphatic heterocycles. The van der Waals surface area contributed by atoms with Crippen LogP contribution >= 0.6 is 0 Å². The Morgan fingerprint density at radius 1 is 1.27 bits per heavy atom. The Labute approximate surface area is 152 Å². The van der Waals surface area contributed by atoms with Gasteiger partial charge in [0.2, 0.25) is 15.9 Å². The fraction of sp³-hybridized carbons (Fsp3) is 0.533. The average molecular weight is 404 g/mol. The molecule has 1 fully saturated rings. The van der Waals surface area contributed by atoms with Gasteiger partial charge in [0.15, 0.2) is 21.3 Å². The van der Waals surface area contributed by atoms with Gasteiger partial charge in [0, 0.05) is 19.2 Å². The molecule has 144 valence electrons. The van der Waals surface area contributed by atoms with Crippen molar-refractivity contribution in [3.8, 4) is 11.5 Å².